The molecule has 0 atom stereocenters. The summed E-state index contributed by atoms with van der Waals surface area (Å²) in [6.45, 7) is 5.02. The van der Waals surface area contributed by atoms with Crippen molar-refractivity contribution in [1.82, 2.24) is 5.32 Å². The Morgan fingerprint density at radius 2 is 1.89 bits per heavy atom. The number of unbranched alkanes of at least 4 members (excludes halogenated alkanes) is 1. The number of benzene rings is 1. The van der Waals surface area contributed by atoms with Gasteiger partial charge in [-0.15, -0.1) is 0 Å². The first kappa shape index (κ1) is 16.6. The highest BCUT2D eigenvalue weighted by Crippen LogP contribution is 2.32. The Morgan fingerprint density at radius 3 is 2.58 bits per heavy atom. The highest BCUT2D eigenvalue weighted by atomic mass is 35.5. The SMILES string of the molecule is CCNCc1cc(Cl)cc(Cl)c1OCCCCOC. The van der Waals surface area contributed by atoms with Gasteiger partial charge in [-0.25, -0.2) is 0 Å². The average molecular weight is 306 g/mol. The van der Waals surface area contributed by atoms with E-state index in [4.69, 9.17) is 32.7 Å². The molecule has 1 aromatic carbocycles. The summed E-state index contributed by atoms with van der Waals surface area (Å²) < 4.78 is 10.8. The number of hydrogen-bond donors (Lipinski definition) is 1. The molecular weight excluding hydrogens is 285 g/mol. The predicted octanol–water partition coefficient (Wildman–Crippen LogP) is 3.91. The lowest BCUT2D eigenvalue weighted by atomic mass is 10.2. The molecule has 0 bridgehead atoms. The zero-order chi connectivity index (χ0) is 14.1. The van der Waals surface area contributed by atoms with Crippen molar-refractivity contribution in [3.63, 3.8) is 0 Å². The molecule has 0 aliphatic carbocycles. The van der Waals surface area contributed by atoms with Gasteiger partial charge in [-0.2, -0.15) is 0 Å². The third kappa shape index (κ3) is 6.00. The van der Waals surface area contributed by atoms with Crippen molar-refractivity contribution in [3.05, 3.63) is 27.7 Å². The number of rotatable bonds is 9. The van der Waals surface area contributed by atoms with Gasteiger partial charge in [0.2, 0.25) is 0 Å². The summed E-state index contributed by atoms with van der Waals surface area (Å²) >= 11 is 12.2. The molecule has 0 aromatic heterocycles. The zero-order valence-corrected chi connectivity index (χ0v) is 13.0. The quantitative estimate of drug-likeness (QED) is 0.702. The molecule has 3 nitrogen and oxygen atoms in total. The van der Waals surface area contributed by atoms with Gasteiger partial charge >= 0.3 is 0 Å². The van der Waals surface area contributed by atoms with E-state index in [0.717, 1.165) is 37.3 Å². The molecule has 0 amide bonds. The fraction of sp³-hybridized carbons (Fsp3) is 0.571. The zero-order valence-electron chi connectivity index (χ0n) is 11.5. The molecule has 0 saturated heterocycles. The summed E-state index contributed by atoms with van der Waals surface area (Å²) in [5.41, 5.74) is 0.992. The van der Waals surface area contributed by atoms with E-state index in [-0.39, 0.29) is 0 Å². The molecule has 0 aliphatic heterocycles. The summed E-state index contributed by atoms with van der Waals surface area (Å²) in [4.78, 5) is 0. The van der Waals surface area contributed by atoms with E-state index in [1.807, 2.05) is 6.07 Å². The first-order valence-corrected chi connectivity index (χ1v) is 7.25. The topological polar surface area (TPSA) is 30.5 Å². The van der Waals surface area contributed by atoms with Crippen LogP contribution in [0.25, 0.3) is 0 Å². The average Bonchev–Trinajstić information content (AvgIpc) is 2.38. The lowest BCUT2D eigenvalue weighted by Crippen LogP contribution is -2.13. The van der Waals surface area contributed by atoms with Crippen molar-refractivity contribution >= 4 is 23.2 Å². The third-order valence-electron chi connectivity index (χ3n) is 2.64. The lowest BCUT2D eigenvalue weighted by molar-refractivity contribution is 0.184. The minimum atomic E-state index is 0.562. The van der Waals surface area contributed by atoms with Gasteiger partial charge in [-0.05, 0) is 31.5 Å². The second-order valence-electron chi connectivity index (χ2n) is 4.20. The molecule has 0 fully saturated rings. The fourth-order valence-corrected chi connectivity index (χ4v) is 2.28. The molecule has 0 spiro atoms. The van der Waals surface area contributed by atoms with Gasteiger partial charge in [0, 0.05) is 30.8 Å². The van der Waals surface area contributed by atoms with E-state index in [1.54, 1.807) is 13.2 Å². The van der Waals surface area contributed by atoms with Crippen molar-refractivity contribution in [2.75, 3.05) is 26.9 Å². The van der Waals surface area contributed by atoms with Gasteiger partial charge in [-0.1, -0.05) is 30.1 Å². The third-order valence-corrected chi connectivity index (χ3v) is 3.14. The van der Waals surface area contributed by atoms with Gasteiger partial charge in [-0.3, -0.25) is 0 Å². The van der Waals surface area contributed by atoms with Gasteiger partial charge in [0.05, 0.1) is 11.6 Å². The maximum atomic E-state index is 6.19. The normalized spacial score (nSPS) is 10.7. The lowest BCUT2D eigenvalue weighted by Gasteiger charge is -2.14. The molecule has 108 valence electrons. The summed E-state index contributed by atoms with van der Waals surface area (Å²) in [7, 11) is 1.70. The van der Waals surface area contributed by atoms with Gasteiger partial charge in [0.25, 0.3) is 0 Å². The molecule has 1 N–H and O–H groups in total. The first-order valence-electron chi connectivity index (χ1n) is 6.49. The Balaban J connectivity index is 2.63. The van der Waals surface area contributed by atoms with Crippen LogP contribution in [-0.2, 0) is 11.3 Å². The van der Waals surface area contributed by atoms with Crippen molar-refractivity contribution in [1.29, 1.82) is 0 Å². The van der Waals surface area contributed by atoms with E-state index in [2.05, 4.69) is 12.2 Å². The van der Waals surface area contributed by atoms with Crippen LogP contribution in [0.1, 0.15) is 25.3 Å². The van der Waals surface area contributed by atoms with Crippen LogP contribution in [0, 0.1) is 0 Å². The summed E-state index contributed by atoms with van der Waals surface area (Å²) in [5, 5.41) is 4.44. The molecule has 0 saturated carbocycles. The molecule has 0 unspecified atom stereocenters. The first-order chi connectivity index (χ1) is 9.19. The van der Waals surface area contributed by atoms with Crippen LogP contribution in [0.2, 0.25) is 10.0 Å². The van der Waals surface area contributed by atoms with Crippen LogP contribution < -0.4 is 10.1 Å². The van der Waals surface area contributed by atoms with Gasteiger partial charge in [0.1, 0.15) is 5.75 Å². The van der Waals surface area contributed by atoms with E-state index < -0.39 is 0 Å². The minimum Gasteiger partial charge on any atom is -0.492 e. The molecule has 1 aromatic rings. The largest absolute Gasteiger partial charge is 0.492 e. The van der Waals surface area contributed by atoms with Gasteiger partial charge < -0.3 is 14.8 Å². The smallest absolute Gasteiger partial charge is 0.142 e. The molecule has 0 heterocycles. The van der Waals surface area contributed by atoms with Crippen LogP contribution in [0.5, 0.6) is 5.75 Å². The van der Waals surface area contributed by atoms with Crippen LogP contribution in [0.4, 0.5) is 0 Å². The molecule has 19 heavy (non-hydrogen) atoms. The number of ether oxygens (including phenoxy) is 2. The monoisotopic (exact) mass is 305 g/mol. The molecule has 0 radical (unpaired) electrons. The van der Waals surface area contributed by atoms with Crippen molar-refractivity contribution in [3.8, 4) is 5.75 Å². The molecule has 1 rings (SSSR count). The molecular formula is C14H21Cl2NO2. The second-order valence-corrected chi connectivity index (χ2v) is 5.05. The Labute approximate surface area is 125 Å². The maximum absolute atomic E-state index is 6.19. The predicted molar refractivity (Wildman–Crippen MR) is 80.4 cm³/mol. The maximum Gasteiger partial charge on any atom is 0.142 e. The van der Waals surface area contributed by atoms with Crippen LogP contribution in [0.3, 0.4) is 0 Å². The van der Waals surface area contributed by atoms with Crippen LogP contribution >= 0.6 is 23.2 Å². The van der Waals surface area contributed by atoms with Crippen molar-refractivity contribution < 1.29 is 9.47 Å². The number of halogens is 2. The van der Waals surface area contributed by atoms with E-state index in [1.165, 1.54) is 0 Å². The Hall–Kier alpha value is -0.480. The Kier molecular flexibility index (Phi) is 8.22. The number of hydrogen-bond acceptors (Lipinski definition) is 3. The summed E-state index contributed by atoms with van der Waals surface area (Å²) in [5.74, 6) is 0.726. The van der Waals surface area contributed by atoms with Gasteiger partial charge in [0.15, 0.2) is 0 Å². The second kappa shape index (κ2) is 9.43. The van der Waals surface area contributed by atoms with Crippen LogP contribution in [0.15, 0.2) is 12.1 Å². The van der Waals surface area contributed by atoms with Crippen molar-refractivity contribution in [2.24, 2.45) is 0 Å². The van der Waals surface area contributed by atoms with Crippen LogP contribution in [-0.4, -0.2) is 26.9 Å². The fourth-order valence-electron chi connectivity index (χ4n) is 1.69. The van der Waals surface area contributed by atoms with E-state index in [9.17, 15) is 0 Å². The van der Waals surface area contributed by atoms with E-state index >= 15 is 0 Å². The number of methoxy groups -OCH3 is 1. The van der Waals surface area contributed by atoms with E-state index in [0.29, 0.717) is 23.2 Å². The minimum absolute atomic E-state index is 0.562. The Bertz CT molecular complexity index is 386. The molecule has 5 heteroatoms. The Morgan fingerprint density at radius 1 is 1.16 bits per heavy atom. The molecule has 0 aliphatic rings. The summed E-state index contributed by atoms with van der Waals surface area (Å²) in [6.07, 6.45) is 1.91. The number of nitrogens with one attached hydrogen (secondary N) is 1. The highest BCUT2D eigenvalue weighted by Gasteiger charge is 2.10. The highest BCUT2D eigenvalue weighted by molar-refractivity contribution is 6.35. The summed E-state index contributed by atoms with van der Waals surface area (Å²) in [6, 6.07) is 3.60. The van der Waals surface area contributed by atoms with Crippen molar-refractivity contribution in [2.45, 2.75) is 26.3 Å². The standard InChI is InChI=1S/C14H21Cl2NO2/c1-3-17-10-11-8-12(15)9-13(16)14(11)19-7-5-4-6-18-2/h8-9,17H,3-7,10H2,1-2H3.